The molecule has 0 aliphatic carbocycles. The average molecular weight is 562 g/mol. The van der Waals surface area contributed by atoms with Gasteiger partial charge in [0.25, 0.3) is 0 Å². The summed E-state index contributed by atoms with van der Waals surface area (Å²) in [6.45, 7) is 6.19. The number of halogens is 3. The van der Waals surface area contributed by atoms with Crippen molar-refractivity contribution in [1.29, 1.82) is 0 Å². The van der Waals surface area contributed by atoms with E-state index in [9.17, 15) is 18.0 Å². The zero-order valence-electron chi connectivity index (χ0n) is 22.8. The van der Waals surface area contributed by atoms with Crippen LogP contribution in [0.2, 0.25) is 0 Å². The highest BCUT2D eigenvalue weighted by molar-refractivity contribution is 5.92. The minimum Gasteiger partial charge on any atom is -0.493 e. The van der Waals surface area contributed by atoms with Crippen molar-refractivity contribution in [2.24, 2.45) is 0 Å². The lowest BCUT2D eigenvalue weighted by molar-refractivity contribution is -0.135. The number of anilines is 2. The van der Waals surface area contributed by atoms with Gasteiger partial charge in [-0.15, -0.1) is 0 Å². The lowest BCUT2D eigenvalue weighted by Gasteiger charge is -2.35. The molecule has 2 amide bonds. The van der Waals surface area contributed by atoms with Gasteiger partial charge in [0.15, 0.2) is 11.5 Å². The van der Waals surface area contributed by atoms with Crippen molar-refractivity contribution in [3.05, 3.63) is 42.7 Å². The number of carbonyl (C=O) groups is 1. The molecule has 4 rings (SSSR count). The number of alkyl halides is 3. The van der Waals surface area contributed by atoms with E-state index in [-0.39, 0.29) is 31.6 Å². The molecule has 0 radical (unpaired) electrons. The molecule has 1 fully saturated rings. The average Bonchev–Trinajstić information content (AvgIpc) is 2.92. The summed E-state index contributed by atoms with van der Waals surface area (Å²) in [6.07, 6.45) is -3.20. The van der Waals surface area contributed by atoms with E-state index in [1.165, 1.54) is 13.4 Å². The van der Waals surface area contributed by atoms with Crippen molar-refractivity contribution in [3.8, 4) is 17.2 Å². The second kappa shape index (κ2) is 12.9. The maximum atomic E-state index is 12.8. The van der Waals surface area contributed by atoms with Crippen LogP contribution in [0.15, 0.2) is 42.7 Å². The van der Waals surface area contributed by atoms with Gasteiger partial charge in [-0.2, -0.15) is 13.2 Å². The Kier molecular flexibility index (Phi) is 9.38. The summed E-state index contributed by atoms with van der Waals surface area (Å²) in [5.41, 5.74) is 1.32. The second-order valence-electron chi connectivity index (χ2n) is 9.73. The van der Waals surface area contributed by atoms with Gasteiger partial charge in [-0.3, -0.25) is 0 Å². The molecule has 1 saturated heterocycles. The van der Waals surface area contributed by atoms with Gasteiger partial charge in [-0.25, -0.2) is 14.8 Å². The number of ether oxygens (including phenoxy) is 3. The van der Waals surface area contributed by atoms with Crippen LogP contribution in [0.3, 0.4) is 0 Å². The highest BCUT2D eigenvalue weighted by atomic mass is 19.4. The molecule has 0 unspecified atom stereocenters. The highest BCUT2D eigenvalue weighted by Crippen LogP contribution is 2.35. The van der Waals surface area contributed by atoms with Crippen LogP contribution >= 0.6 is 0 Å². The summed E-state index contributed by atoms with van der Waals surface area (Å²) in [6, 6.07) is 10.6. The van der Waals surface area contributed by atoms with Crippen LogP contribution in [-0.4, -0.2) is 73.1 Å². The van der Waals surface area contributed by atoms with E-state index in [0.717, 1.165) is 11.1 Å². The SMILES string of the molecule is COc1cc2c(N3CCN(C(=O)Nc4ccc(OC(C)C)cc4)CC3)ncnc2cc1OCCCCC(F)(F)F. The number of aromatic nitrogens is 2. The number of methoxy groups -OCH3 is 1. The topological polar surface area (TPSA) is 89.1 Å². The molecule has 0 atom stereocenters. The van der Waals surface area contributed by atoms with E-state index >= 15 is 0 Å². The van der Waals surface area contributed by atoms with Crippen LogP contribution in [0.1, 0.15) is 33.1 Å². The first-order chi connectivity index (χ1) is 19.1. The predicted octanol–water partition coefficient (Wildman–Crippen LogP) is 5.89. The molecular formula is C28H34F3N5O4. The van der Waals surface area contributed by atoms with Crippen LogP contribution in [-0.2, 0) is 0 Å². The maximum absolute atomic E-state index is 12.8. The van der Waals surface area contributed by atoms with Crippen molar-refractivity contribution < 1.29 is 32.2 Å². The molecule has 12 heteroatoms. The molecule has 3 aromatic rings. The number of rotatable bonds is 10. The monoisotopic (exact) mass is 561 g/mol. The van der Waals surface area contributed by atoms with Crippen molar-refractivity contribution in [1.82, 2.24) is 14.9 Å². The largest absolute Gasteiger partial charge is 0.493 e. The van der Waals surface area contributed by atoms with Gasteiger partial charge in [0.05, 0.1) is 25.3 Å². The Balaban J connectivity index is 1.36. The number of fused-ring (bicyclic) bond motifs is 1. The first-order valence-electron chi connectivity index (χ1n) is 13.2. The zero-order chi connectivity index (χ0) is 28.7. The van der Waals surface area contributed by atoms with Gasteiger partial charge in [-0.05, 0) is 57.0 Å². The van der Waals surface area contributed by atoms with Gasteiger partial charge < -0.3 is 29.3 Å². The Morgan fingerprint density at radius 2 is 1.75 bits per heavy atom. The molecule has 0 spiro atoms. The van der Waals surface area contributed by atoms with E-state index in [4.69, 9.17) is 14.2 Å². The number of amides is 2. The standard InChI is InChI=1S/C28H34F3N5O4/c1-19(2)40-21-8-6-20(7-9-21)34-27(37)36-13-11-35(12-14-36)26-22-16-24(38-3)25(17-23(22)32-18-33-26)39-15-5-4-10-28(29,30)31/h6-9,16-19H,4-5,10-15H2,1-3H3,(H,34,37). The molecule has 9 nitrogen and oxygen atoms in total. The molecule has 40 heavy (non-hydrogen) atoms. The van der Waals surface area contributed by atoms with Crippen molar-refractivity contribution in [3.63, 3.8) is 0 Å². The molecule has 2 heterocycles. The fourth-order valence-corrected chi connectivity index (χ4v) is 4.40. The number of unbranched alkanes of at least 4 members (excludes halogenated alkanes) is 1. The fraction of sp³-hybridized carbons (Fsp3) is 0.464. The Bertz CT molecular complexity index is 1280. The van der Waals surface area contributed by atoms with Crippen molar-refractivity contribution in [2.75, 3.05) is 50.1 Å². The molecule has 0 bridgehead atoms. The summed E-state index contributed by atoms with van der Waals surface area (Å²) in [5.74, 6) is 2.31. The number of hydrogen-bond donors (Lipinski definition) is 1. The molecule has 1 N–H and O–H groups in total. The summed E-state index contributed by atoms with van der Waals surface area (Å²) < 4.78 is 54.0. The molecule has 1 aliphatic heterocycles. The zero-order valence-corrected chi connectivity index (χ0v) is 22.8. The lowest BCUT2D eigenvalue weighted by Crippen LogP contribution is -2.50. The number of nitrogens with one attached hydrogen (secondary N) is 1. The van der Waals surface area contributed by atoms with Crippen LogP contribution in [0.5, 0.6) is 17.2 Å². The smallest absolute Gasteiger partial charge is 0.389 e. The van der Waals surface area contributed by atoms with E-state index in [1.807, 2.05) is 38.1 Å². The number of benzene rings is 2. The van der Waals surface area contributed by atoms with Crippen LogP contribution in [0.25, 0.3) is 10.9 Å². The fourth-order valence-electron chi connectivity index (χ4n) is 4.40. The minimum absolute atomic E-state index is 0.00471. The van der Waals surface area contributed by atoms with Gasteiger partial charge in [0.1, 0.15) is 17.9 Å². The normalized spacial score (nSPS) is 14.0. The Hall–Kier alpha value is -3.96. The van der Waals surface area contributed by atoms with Crippen LogP contribution in [0.4, 0.5) is 29.5 Å². The predicted molar refractivity (Wildman–Crippen MR) is 147 cm³/mol. The molecule has 2 aromatic carbocycles. The third-order valence-electron chi connectivity index (χ3n) is 6.36. The van der Waals surface area contributed by atoms with Gasteiger partial charge in [-0.1, -0.05) is 0 Å². The summed E-state index contributed by atoms with van der Waals surface area (Å²) in [5, 5.41) is 3.69. The first kappa shape index (κ1) is 29.0. The lowest BCUT2D eigenvalue weighted by atomic mass is 10.2. The number of hydrogen-bond acceptors (Lipinski definition) is 7. The summed E-state index contributed by atoms with van der Waals surface area (Å²) in [7, 11) is 1.50. The van der Waals surface area contributed by atoms with E-state index in [0.29, 0.717) is 54.7 Å². The quantitative estimate of drug-likeness (QED) is 0.309. The van der Waals surface area contributed by atoms with E-state index in [1.54, 1.807) is 17.0 Å². The van der Waals surface area contributed by atoms with E-state index in [2.05, 4.69) is 20.2 Å². The van der Waals surface area contributed by atoms with Gasteiger partial charge in [0, 0.05) is 49.7 Å². The Labute approximate surface area is 231 Å². The number of carbonyl (C=O) groups excluding carboxylic acids is 1. The third-order valence-corrected chi connectivity index (χ3v) is 6.36. The number of urea groups is 1. The maximum Gasteiger partial charge on any atom is 0.389 e. The third kappa shape index (κ3) is 7.80. The van der Waals surface area contributed by atoms with Crippen LogP contribution < -0.4 is 24.4 Å². The molecule has 1 aromatic heterocycles. The van der Waals surface area contributed by atoms with Gasteiger partial charge >= 0.3 is 12.2 Å². The Morgan fingerprint density at radius 3 is 2.40 bits per heavy atom. The molecule has 216 valence electrons. The Morgan fingerprint density at radius 1 is 1.02 bits per heavy atom. The highest BCUT2D eigenvalue weighted by Gasteiger charge is 2.26. The van der Waals surface area contributed by atoms with Crippen LogP contribution in [0, 0.1) is 0 Å². The van der Waals surface area contributed by atoms with Crippen molar-refractivity contribution >= 4 is 28.4 Å². The number of piperazine rings is 1. The molecule has 0 saturated carbocycles. The summed E-state index contributed by atoms with van der Waals surface area (Å²) >= 11 is 0. The second-order valence-corrected chi connectivity index (χ2v) is 9.73. The van der Waals surface area contributed by atoms with E-state index < -0.39 is 12.6 Å². The summed E-state index contributed by atoms with van der Waals surface area (Å²) in [4.78, 5) is 25.5. The van der Waals surface area contributed by atoms with Gasteiger partial charge in [0.2, 0.25) is 0 Å². The molecular weight excluding hydrogens is 527 g/mol. The van der Waals surface area contributed by atoms with Crippen molar-refractivity contribution in [2.45, 2.75) is 45.4 Å². The molecule has 1 aliphatic rings. The first-order valence-corrected chi connectivity index (χ1v) is 13.2. The minimum atomic E-state index is -4.17. The number of nitrogens with zero attached hydrogens (tertiary/aromatic N) is 4.